The predicted octanol–water partition coefficient (Wildman–Crippen LogP) is 4.96. The number of hydrogen-bond acceptors (Lipinski definition) is 8. The number of halogens is 4. The van der Waals surface area contributed by atoms with Gasteiger partial charge in [-0.2, -0.15) is 14.0 Å². The molecule has 1 N–H and O–H groups in total. The van der Waals surface area contributed by atoms with Crippen LogP contribution in [0.25, 0.3) is 0 Å². The molecule has 0 saturated heterocycles. The fraction of sp³-hybridized carbons (Fsp3) is 0.206. The molecule has 2 aromatic heterocycles. The van der Waals surface area contributed by atoms with Crippen molar-refractivity contribution >= 4 is 0 Å². The Morgan fingerprint density at radius 2 is 1.64 bits per heavy atom. The van der Waals surface area contributed by atoms with Crippen molar-refractivity contribution in [2.45, 2.75) is 31.2 Å². The average molecular weight is 642 g/mol. The summed E-state index contributed by atoms with van der Waals surface area (Å²) < 4.78 is 66.8. The predicted molar refractivity (Wildman–Crippen MR) is 161 cm³/mol. The molecule has 0 radical (unpaired) electrons. The second-order valence-electron chi connectivity index (χ2n) is 10.7. The minimum absolute atomic E-state index is 0.309. The lowest BCUT2D eigenvalue weighted by molar-refractivity contribution is -0.207. The maximum absolute atomic E-state index is 15.9. The zero-order chi connectivity index (χ0) is 33.4. The average Bonchev–Trinajstić information content (AvgIpc) is 3.57. The Kier molecular flexibility index (Phi) is 9.90. The highest BCUT2D eigenvalue weighted by molar-refractivity contribution is 5.44. The molecular weight excluding hydrogens is 614 g/mol. The Balaban J connectivity index is 1.25. The van der Waals surface area contributed by atoms with Gasteiger partial charge >= 0.3 is 5.92 Å². The Morgan fingerprint density at radius 1 is 0.936 bits per heavy atom. The van der Waals surface area contributed by atoms with Gasteiger partial charge in [0.05, 0.1) is 19.2 Å². The minimum Gasteiger partial charge on any atom is -0.489 e. The first-order valence-electron chi connectivity index (χ1n) is 14.2. The van der Waals surface area contributed by atoms with Crippen molar-refractivity contribution in [2.24, 2.45) is 0 Å². The summed E-state index contributed by atoms with van der Waals surface area (Å²) in [4.78, 5) is 5.74. The number of aromatic nitrogens is 5. The van der Waals surface area contributed by atoms with Crippen LogP contribution in [0.3, 0.4) is 0 Å². The van der Waals surface area contributed by atoms with E-state index in [9.17, 15) is 13.9 Å². The molecule has 9 nitrogen and oxygen atoms in total. The van der Waals surface area contributed by atoms with Crippen LogP contribution in [0.1, 0.15) is 33.5 Å². The first-order valence-corrected chi connectivity index (χ1v) is 14.2. The van der Waals surface area contributed by atoms with E-state index in [1.165, 1.54) is 6.07 Å². The number of nitrogens with zero attached hydrogens (tertiary/aromatic N) is 7. The van der Waals surface area contributed by atoms with Crippen molar-refractivity contribution < 1.29 is 27.4 Å². The summed E-state index contributed by atoms with van der Waals surface area (Å²) in [5.74, 6) is -0.122. The first-order chi connectivity index (χ1) is 22.6. The Morgan fingerprint density at radius 3 is 2.28 bits per heavy atom. The van der Waals surface area contributed by atoms with Gasteiger partial charge in [0.2, 0.25) is 0 Å². The van der Waals surface area contributed by atoms with E-state index in [0.717, 1.165) is 46.5 Å². The number of rotatable bonds is 11. The molecule has 5 rings (SSSR count). The summed E-state index contributed by atoms with van der Waals surface area (Å²) in [6.45, 7) is 0.439. The van der Waals surface area contributed by atoms with Crippen LogP contribution in [0.2, 0.25) is 0 Å². The fourth-order valence-electron chi connectivity index (χ4n) is 4.71. The van der Waals surface area contributed by atoms with Gasteiger partial charge in [0.15, 0.2) is 5.60 Å². The minimum atomic E-state index is -4.17. The molecule has 1 atom stereocenters. The van der Waals surface area contributed by atoms with Gasteiger partial charge < -0.3 is 9.84 Å². The molecule has 0 fully saturated rings. The standard InChI is InChI=1S/C34H27F4N7O2/c1-44(17-16-39)20-26-4-6-27(7-5-26)21-47-29-12-8-24(9-13-29)2-3-25-10-15-32(40-19-25)34(37,38)33(46,22-45-23-41-42-43-45)30-14-11-28(35)18-31(30)36/h4-15,18-19,23,46H,17,20-22H2,1H3. The first kappa shape index (κ1) is 32.8. The number of nitriles is 1. The van der Waals surface area contributed by atoms with Crippen LogP contribution in [0.4, 0.5) is 17.6 Å². The summed E-state index contributed by atoms with van der Waals surface area (Å²) in [6, 6.07) is 21.3. The molecule has 0 bridgehead atoms. The number of alkyl halides is 2. The molecule has 0 spiro atoms. The molecule has 47 heavy (non-hydrogen) atoms. The van der Waals surface area contributed by atoms with E-state index in [1.54, 1.807) is 24.3 Å². The Labute approximate surface area is 267 Å². The summed E-state index contributed by atoms with van der Waals surface area (Å²) in [5, 5.41) is 30.3. The molecule has 0 aliphatic rings. The van der Waals surface area contributed by atoms with Crippen LogP contribution in [-0.4, -0.2) is 48.8 Å². The van der Waals surface area contributed by atoms with Gasteiger partial charge in [0, 0.05) is 35.5 Å². The van der Waals surface area contributed by atoms with Crippen molar-refractivity contribution in [3.05, 3.63) is 137 Å². The molecule has 13 heteroatoms. The smallest absolute Gasteiger partial charge is 0.323 e. The van der Waals surface area contributed by atoms with E-state index in [0.29, 0.717) is 42.6 Å². The number of aliphatic hydroxyl groups is 1. The second-order valence-corrected chi connectivity index (χ2v) is 10.7. The molecule has 238 valence electrons. The maximum Gasteiger partial charge on any atom is 0.323 e. The van der Waals surface area contributed by atoms with Crippen molar-refractivity contribution in [3.8, 4) is 23.7 Å². The third-order valence-corrected chi connectivity index (χ3v) is 7.19. The second kappa shape index (κ2) is 14.2. The van der Waals surface area contributed by atoms with E-state index in [2.05, 4.69) is 38.4 Å². The van der Waals surface area contributed by atoms with Crippen LogP contribution in [0, 0.1) is 34.8 Å². The summed E-state index contributed by atoms with van der Waals surface area (Å²) in [6.07, 6.45) is 2.09. The highest BCUT2D eigenvalue weighted by Gasteiger charge is 2.58. The van der Waals surface area contributed by atoms with Gasteiger partial charge in [-0.3, -0.25) is 9.88 Å². The van der Waals surface area contributed by atoms with Crippen molar-refractivity contribution in [1.82, 2.24) is 30.1 Å². The molecule has 1 unspecified atom stereocenters. The lowest BCUT2D eigenvalue weighted by Gasteiger charge is -2.35. The number of hydrogen-bond donors (Lipinski definition) is 1. The van der Waals surface area contributed by atoms with E-state index in [-0.39, 0.29) is 0 Å². The molecule has 0 amide bonds. The maximum atomic E-state index is 15.9. The highest BCUT2D eigenvalue weighted by atomic mass is 19.3. The molecule has 0 aliphatic heterocycles. The molecular formula is C34H27F4N7O2. The van der Waals surface area contributed by atoms with E-state index < -0.39 is 41.0 Å². The fourth-order valence-corrected chi connectivity index (χ4v) is 4.71. The normalized spacial score (nSPS) is 12.6. The van der Waals surface area contributed by atoms with Crippen LogP contribution >= 0.6 is 0 Å². The van der Waals surface area contributed by atoms with Crippen LogP contribution in [-0.2, 0) is 31.2 Å². The zero-order valence-electron chi connectivity index (χ0n) is 25.0. The third-order valence-electron chi connectivity index (χ3n) is 7.19. The van der Waals surface area contributed by atoms with Gasteiger partial charge in [-0.1, -0.05) is 36.1 Å². The number of benzene rings is 3. The van der Waals surface area contributed by atoms with E-state index in [4.69, 9.17) is 10.00 Å². The monoisotopic (exact) mass is 641 g/mol. The summed E-state index contributed by atoms with van der Waals surface area (Å²) in [5.41, 5.74) is -1.93. The van der Waals surface area contributed by atoms with Crippen LogP contribution in [0.5, 0.6) is 5.75 Å². The number of pyridine rings is 1. The SMILES string of the molecule is CN(CC#N)Cc1ccc(COc2ccc(C#Cc3ccc(C(F)(F)C(O)(Cn4cnnn4)c4ccc(F)cc4F)nc3)cc2)cc1. The van der Waals surface area contributed by atoms with Crippen molar-refractivity contribution in [1.29, 1.82) is 5.26 Å². The number of ether oxygens (including phenoxy) is 1. The lowest BCUT2D eigenvalue weighted by Crippen LogP contribution is -2.48. The van der Waals surface area contributed by atoms with E-state index in [1.807, 2.05) is 36.2 Å². The molecule has 3 aromatic carbocycles. The van der Waals surface area contributed by atoms with Gasteiger partial charge in [-0.25, -0.2) is 13.5 Å². The Bertz CT molecular complexity index is 1900. The van der Waals surface area contributed by atoms with Crippen molar-refractivity contribution in [3.63, 3.8) is 0 Å². The van der Waals surface area contributed by atoms with Crippen molar-refractivity contribution in [2.75, 3.05) is 13.6 Å². The highest BCUT2D eigenvalue weighted by Crippen LogP contribution is 2.46. The molecule has 5 aromatic rings. The van der Waals surface area contributed by atoms with Gasteiger partial charge in [0.25, 0.3) is 0 Å². The molecule has 0 aliphatic carbocycles. The molecule has 2 heterocycles. The molecule has 0 saturated carbocycles. The topological polar surface area (TPSA) is 113 Å². The summed E-state index contributed by atoms with van der Waals surface area (Å²) in [7, 11) is 1.88. The van der Waals surface area contributed by atoms with Gasteiger partial charge in [-0.15, -0.1) is 5.10 Å². The van der Waals surface area contributed by atoms with Crippen LogP contribution in [0.15, 0.2) is 91.4 Å². The third kappa shape index (κ3) is 7.79. The lowest BCUT2D eigenvalue weighted by atomic mass is 9.84. The summed E-state index contributed by atoms with van der Waals surface area (Å²) >= 11 is 0. The van der Waals surface area contributed by atoms with E-state index >= 15 is 8.78 Å². The zero-order valence-corrected chi connectivity index (χ0v) is 25.0. The van der Waals surface area contributed by atoms with Gasteiger partial charge in [-0.05, 0) is 77.1 Å². The Hall–Kier alpha value is -5.63. The number of tetrazole rings is 1. The van der Waals surface area contributed by atoms with Gasteiger partial charge in [0.1, 0.15) is 36.0 Å². The quantitative estimate of drug-likeness (QED) is 0.122. The largest absolute Gasteiger partial charge is 0.489 e. The van der Waals surface area contributed by atoms with Crippen LogP contribution < -0.4 is 4.74 Å².